The summed E-state index contributed by atoms with van der Waals surface area (Å²) in [6.07, 6.45) is 0.502. The summed E-state index contributed by atoms with van der Waals surface area (Å²) in [5.41, 5.74) is 1.36. The Balaban J connectivity index is 1.32. The van der Waals surface area contributed by atoms with Crippen molar-refractivity contribution in [2.45, 2.75) is 12.8 Å². The van der Waals surface area contributed by atoms with E-state index in [2.05, 4.69) is 10.2 Å². The molecule has 6 nitrogen and oxygen atoms in total. The van der Waals surface area contributed by atoms with Crippen molar-refractivity contribution < 1.29 is 14.4 Å². The van der Waals surface area contributed by atoms with Crippen LogP contribution >= 0.6 is 11.3 Å². The Morgan fingerprint density at radius 1 is 0.929 bits per heavy atom. The maximum atomic E-state index is 12.4. The van der Waals surface area contributed by atoms with Gasteiger partial charge in [-0.05, 0) is 11.4 Å². The fourth-order valence-corrected chi connectivity index (χ4v) is 3.83. The van der Waals surface area contributed by atoms with E-state index in [0.29, 0.717) is 30.8 Å². The van der Waals surface area contributed by atoms with Crippen LogP contribution in [0.5, 0.6) is 0 Å². The lowest BCUT2D eigenvalue weighted by molar-refractivity contribution is -0.132. The van der Waals surface area contributed by atoms with E-state index in [-0.39, 0.29) is 30.4 Å². The first-order chi connectivity index (χ1) is 13.6. The molecule has 1 aliphatic heterocycles. The van der Waals surface area contributed by atoms with Crippen LogP contribution in [0.25, 0.3) is 0 Å². The Bertz CT molecular complexity index is 784. The summed E-state index contributed by atoms with van der Waals surface area (Å²) in [5, 5.41) is 6.65. The molecule has 28 heavy (non-hydrogen) atoms. The Hall–Kier alpha value is -2.51. The molecule has 0 aliphatic carbocycles. The van der Waals surface area contributed by atoms with Crippen molar-refractivity contribution >= 4 is 28.9 Å². The zero-order chi connectivity index (χ0) is 19.8. The van der Waals surface area contributed by atoms with E-state index in [1.165, 1.54) is 11.3 Å². The molecular formula is C21H25N3O3S. The van der Waals surface area contributed by atoms with Crippen molar-refractivity contribution in [3.63, 3.8) is 0 Å². The second kappa shape index (κ2) is 10.1. The van der Waals surface area contributed by atoms with E-state index in [1.807, 2.05) is 39.9 Å². The van der Waals surface area contributed by atoms with Crippen LogP contribution in [-0.2, 0) is 4.79 Å². The standard InChI is InChI=1S/C21H25N3O3S/c25-19(17-4-2-1-3-5-17)6-7-20(26)24-13-11-23(12-14-24)10-9-22-21(27)18-8-15-28-16-18/h1-5,8,15-16H,6-7,9-14H2,(H,22,27). The number of benzene rings is 1. The number of thiophene rings is 1. The van der Waals surface area contributed by atoms with E-state index >= 15 is 0 Å². The van der Waals surface area contributed by atoms with Crippen molar-refractivity contribution in [2.24, 2.45) is 0 Å². The monoisotopic (exact) mass is 399 g/mol. The molecule has 2 heterocycles. The minimum absolute atomic E-state index is 0.00829. The van der Waals surface area contributed by atoms with Gasteiger partial charge in [-0.3, -0.25) is 19.3 Å². The lowest BCUT2D eigenvalue weighted by Gasteiger charge is -2.34. The number of amides is 2. The lowest BCUT2D eigenvalue weighted by atomic mass is 10.1. The van der Waals surface area contributed by atoms with Gasteiger partial charge >= 0.3 is 0 Å². The van der Waals surface area contributed by atoms with Gasteiger partial charge in [0.15, 0.2) is 5.78 Å². The average Bonchev–Trinajstić information content (AvgIpc) is 3.28. The van der Waals surface area contributed by atoms with Crippen LogP contribution in [0.15, 0.2) is 47.2 Å². The molecule has 0 radical (unpaired) electrons. The maximum Gasteiger partial charge on any atom is 0.252 e. The van der Waals surface area contributed by atoms with E-state index in [4.69, 9.17) is 0 Å². The molecule has 0 atom stereocenters. The molecular weight excluding hydrogens is 374 g/mol. The molecule has 0 unspecified atom stereocenters. The third-order valence-corrected chi connectivity index (χ3v) is 5.57. The average molecular weight is 400 g/mol. The van der Waals surface area contributed by atoms with E-state index in [0.717, 1.165) is 19.6 Å². The molecule has 148 valence electrons. The van der Waals surface area contributed by atoms with Crippen molar-refractivity contribution in [3.05, 3.63) is 58.3 Å². The number of carbonyl (C=O) groups is 3. The number of nitrogens with zero attached hydrogens (tertiary/aromatic N) is 2. The third kappa shape index (κ3) is 5.74. The van der Waals surface area contributed by atoms with Gasteiger partial charge in [-0.25, -0.2) is 0 Å². The molecule has 7 heteroatoms. The summed E-state index contributed by atoms with van der Waals surface area (Å²) < 4.78 is 0. The zero-order valence-corrected chi connectivity index (χ0v) is 16.6. The molecule has 0 spiro atoms. The molecule has 0 saturated carbocycles. The largest absolute Gasteiger partial charge is 0.351 e. The highest BCUT2D eigenvalue weighted by molar-refractivity contribution is 7.08. The molecule has 0 bridgehead atoms. The Labute approximate surface area is 169 Å². The van der Waals surface area contributed by atoms with E-state index in [9.17, 15) is 14.4 Å². The predicted molar refractivity (Wildman–Crippen MR) is 110 cm³/mol. The SMILES string of the molecule is O=C(CCC(=O)N1CCN(CCNC(=O)c2ccsc2)CC1)c1ccccc1. The summed E-state index contributed by atoms with van der Waals surface area (Å²) in [6.45, 7) is 4.26. The van der Waals surface area contributed by atoms with Gasteiger partial charge in [-0.15, -0.1) is 0 Å². The maximum absolute atomic E-state index is 12.4. The van der Waals surface area contributed by atoms with Crippen LogP contribution in [0.4, 0.5) is 0 Å². The molecule has 1 aliphatic rings. The Morgan fingerprint density at radius 2 is 1.68 bits per heavy atom. The quantitative estimate of drug-likeness (QED) is 0.692. The van der Waals surface area contributed by atoms with E-state index < -0.39 is 0 Å². The highest BCUT2D eigenvalue weighted by Gasteiger charge is 2.21. The van der Waals surface area contributed by atoms with Gasteiger partial charge in [0.2, 0.25) is 5.91 Å². The number of hydrogen-bond acceptors (Lipinski definition) is 5. The number of Topliss-reactive ketones (excluding diaryl/α,β-unsaturated/α-hetero) is 1. The van der Waals surface area contributed by atoms with Gasteiger partial charge in [-0.1, -0.05) is 30.3 Å². The molecule has 3 rings (SSSR count). The first-order valence-electron chi connectivity index (χ1n) is 9.52. The second-order valence-electron chi connectivity index (χ2n) is 6.78. The fourth-order valence-electron chi connectivity index (χ4n) is 3.19. The fraction of sp³-hybridized carbons (Fsp3) is 0.381. The summed E-state index contributed by atoms with van der Waals surface area (Å²) in [5.74, 6) is 0.00166. The van der Waals surface area contributed by atoms with Crippen LogP contribution in [0, 0.1) is 0 Å². The molecule has 1 fully saturated rings. The first-order valence-corrected chi connectivity index (χ1v) is 10.5. The number of ketones is 1. The number of nitrogens with one attached hydrogen (secondary N) is 1. The zero-order valence-electron chi connectivity index (χ0n) is 15.8. The molecule has 1 saturated heterocycles. The molecule has 1 aromatic heterocycles. The first kappa shape index (κ1) is 20.2. The Morgan fingerprint density at radius 3 is 2.36 bits per heavy atom. The van der Waals surface area contributed by atoms with Crippen LogP contribution in [-0.4, -0.2) is 66.7 Å². The second-order valence-corrected chi connectivity index (χ2v) is 7.56. The minimum atomic E-state index is -0.0434. The van der Waals surface area contributed by atoms with Crippen molar-refractivity contribution in [1.82, 2.24) is 15.1 Å². The van der Waals surface area contributed by atoms with Crippen molar-refractivity contribution in [2.75, 3.05) is 39.3 Å². The molecule has 2 amide bonds. The van der Waals surface area contributed by atoms with Crippen molar-refractivity contribution in [3.8, 4) is 0 Å². The number of carbonyl (C=O) groups excluding carboxylic acids is 3. The number of hydrogen-bond donors (Lipinski definition) is 1. The molecule has 1 aromatic carbocycles. The van der Waals surface area contributed by atoms with Crippen LogP contribution in [0.1, 0.15) is 33.6 Å². The van der Waals surface area contributed by atoms with Gasteiger partial charge in [0.05, 0.1) is 0 Å². The summed E-state index contributed by atoms with van der Waals surface area (Å²) in [7, 11) is 0. The highest BCUT2D eigenvalue weighted by Crippen LogP contribution is 2.09. The normalized spacial score (nSPS) is 14.6. The van der Waals surface area contributed by atoms with E-state index in [1.54, 1.807) is 12.1 Å². The van der Waals surface area contributed by atoms with Gasteiger partial charge in [-0.2, -0.15) is 11.3 Å². The smallest absolute Gasteiger partial charge is 0.252 e. The molecule has 2 aromatic rings. The van der Waals surface area contributed by atoms with Gasteiger partial charge in [0, 0.05) is 68.6 Å². The van der Waals surface area contributed by atoms with Gasteiger partial charge in [0.25, 0.3) is 5.91 Å². The van der Waals surface area contributed by atoms with Crippen LogP contribution in [0.2, 0.25) is 0 Å². The minimum Gasteiger partial charge on any atom is -0.351 e. The summed E-state index contributed by atoms with van der Waals surface area (Å²) in [4.78, 5) is 40.5. The summed E-state index contributed by atoms with van der Waals surface area (Å²) >= 11 is 1.51. The topological polar surface area (TPSA) is 69.7 Å². The van der Waals surface area contributed by atoms with Gasteiger partial charge < -0.3 is 10.2 Å². The third-order valence-electron chi connectivity index (χ3n) is 4.88. The number of rotatable bonds is 8. The predicted octanol–water partition coefficient (Wildman–Crippen LogP) is 2.29. The lowest BCUT2D eigenvalue weighted by Crippen LogP contribution is -2.50. The highest BCUT2D eigenvalue weighted by atomic mass is 32.1. The Kier molecular flexibility index (Phi) is 7.33. The van der Waals surface area contributed by atoms with Crippen LogP contribution in [0.3, 0.4) is 0 Å². The molecule has 1 N–H and O–H groups in total. The number of piperazine rings is 1. The van der Waals surface area contributed by atoms with Crippen molar-refractivity contribution in [1.29, 1.82) is 0 Å². The van der Waals surface area contributed by atoms with Gasteiger partial charge in [0.1, 0.15) is 0 Å². The summed E-state index contributed by atoms with van der Waals surface area (Å²) in [6, 6.07) is 10.9. The van der Waals surface area contributed by atoms with Crippen LogP contribution < -0.4 is 5.32 Å².